The molecule has 1 atom stereocenters. The van der Waals surface area contributed by atoms with Crippen LogP contribution < -0.4 is 0 Å². The second kappa shape index (κ2) is 10.1. The maximum atomic E-state index is 14.4. The van der Waals surface area contributed by atoms with Crippen LogP contribution in [0.1, 0.15) is 48.9 Å². The number of hydrogen-bond donors (Lipinski definition) is 0. The molecule has 2 fully saturated rings. The van der Waals surface area contributed by atoms with E-state index in [0.29, 0.717) is 41.7 Å². The molecule has 0 saturated carbocycles. The van der Waals surface area contributed by atoms with Crippen LogP contribution in [0.5, 0.6) is 0 Å². The number of amides is 1. The Bertz CT molecular complexity index is 1180. The molecule has 0 N–H and O–H groups in total. The number of rotatable bonds is 5. The van der Waals surface area contributed by atoms with Gasteiger partial charge in [-0.15, -0.1) is 0 Å². The van der Waals surface area contributed by atoms with Gasteiger partial charge in [0.1, 0.15) is 11.6 Å². The van der Waals surface area contributed by atoms with Gasteiger partial charge in [-0.1, -0.05) is 47.5 Å². The molecule has 0 radical (unpaired) electrons. The van der Waals surface area contributed by atoms with E-state index in [2.05, 4.69) is 4.90 Å². The third-order valence-electron chi connectivity index (χ3n) is 7.74. The Labute approximate surface area is 220 Å². The van der Waals surface area contributed by atoms with E-state index in [9.17, 15) is 13.6 Å². The molecular formula is C29H28Cl2F2N2O. The van der Waals surface area contributed by atoms with Crippen LogP contribution in [0, 0.1) is 17.6 Å². The number of piperidine rings is 1. The summed E-state index contributed by atoms with van der Waals surface area (Å²) in [5, 5.41) is 1.34. The number of likely N-dealkylation sites (tertiary alicyclic amines) is 2. The summed E-state index contributed by atoms with van der Waals surface area (Å²) in [6.45, 7) is 3.49. The highest BCUT2D eigenvalue weighted by Gasteiger charge is 2.53. The Balaban J connectivity index is 1.52. The van der Waals surface area contributed by atoms with Crippen molar-refractivity contribution in [2.45, 2.75) is 37.8 Å². The number of halogens is 4. The van der Waals surface area contributed by atoms with Gasteiger partial charge in [-0.2, -0.15) is 0 Å². The molecule has 36 heavy (non-hydrogen) atoms. The van der Waals surface area contributed by atoms with E-state index in [1.807, 2.05) is 53.4 Å². The van der Waals surface area contributed by atoms with Gasteiger partial charge in [-0.25, -0.2) is 8.78 Å². The Morgan fingerprint density at radius 1 is 0.889 bits per heavy atom. The summed E-state index contributed by atoms with van der Waals surface area (Å²) in [6.07, 6.45) is 2.46. The lowest BCUT2D eigenvalue weighted by Crippen LogP contribution is -2.65. The third-order valence-corrected chi connectivity index (χ3v) is 8.24. The second-order valence-corrected chi connectivity index (χ2v) is 10.7. The first kappa shape index (κ1) is 25.2. The maximum absolute atomic E-state index is 14.4. The molecule has 2 heterocycles. The van der Waals surface area contributed by atoms with E-state index in [1.54, 1.807) is 6.92 Å². The first-order chi connectivity index (χ1) is 17.3. The molecule has 2 aliphatic heterocycles. The van der Waals surface area contributed by atoms with E-state index < -0.39 is 17.2 Å². The minimum absolute atomic E-state index is 0.0324. The number of carbonyl (C=O) groups excluding carboxylic acids is 1. The Hall–Kier alpha value is -2.47. The van der Waals surface area contributed by atoms with Gasteiger partial charge < -0.3 is 4.90 Å². The molecule has 0 aliphatic carbocycles. The molecule has 0 bridgehead atoms. The van der Waals surface area contributed by atoms with Crippen LogP contribution in [0.25, 0.3) is 0 Å². The van der Waals surface area contributed by atoms with Crippen molar-refractivity contribution in [2.24, 2.45) is 5.92 Å². The highest BCUT2D eigenvalue weighted by Crippen LogP contribution is 2.50. The lowest BCUT2D eigenvalue weighted by molar-refractivity contribution is -0.149. The van der Waals surface area contributed by atoms with Crippen LogP contribution >= 0.6 is 23.2 Å². The number of carbonyl (C=O) groups is 1. The van der Waals surface area contributed by atoms with Gasteiger partial charge in [0.05, 0.1) is 11.6 Å². The van der Waals surface area contributed by atoms with Crippen molar-refractivity contribution in [2.75, 3.05) is 19.6 Å². The topological polar surface area (TPSA) is 23.6 Å². The molecule has 2 aliphatic rings. The Morgan fingerprint density at radius 2 is 1.42 bits per heavy atom. The van der Waals surface area contributed by atoms with Gasteiger partial charge in [0, 0.05) is 48.6 Å². The maximum Gasteiger partial charge on any atom is 0.220 e. The SMILES string of the molecule is CC(=O)N1CCCC[C@@]1(c1cc(F)cc(F)c1)C1CN(C(c2ccc(Cl)cc2)c2ccc(Cl)cc2)C1. The molecule has 0 unspecified atom stereocenters. The van der Waals surface area contributed by atoms with Crippen molar-refractivity contribution in [1.29, 1.82) is 0 Å². The molecule has 2 saturated heterocycles. The molecule has 0 aromatic heterocycles. The summed E-state index contributed by atoms with van der Waals surface area (Å²) in [6, 6.07) is 19.3. The summed E-state index contributed by atoms with van der Waals surface area (Å²) < 4.78 is 28.8. The Kier molecular flexibility index (Phi) is 7.08. The fraction of sp³-hybridized carbons (Fsp3) is 0.345. The fourth-order valence-electron chi connectivity index (χ4n) is 6.13. The van der Waals surface area contributed by atoms with Crippen molar-refractivity contribution in [3.8, 4) is 0 Å². The van der Waals surface area contributed by atoms with Crippen molar-refractivity contribution < 1.29 is 13.6 Å². The summed E-state index contributed by atoms with van der Waals surface area (Å²) in [4.78, 5) is 17.0. The zero-order chi connectivity index (χ0) is 25.4. The molecule has 5 rings (SSSR count). The van der Waals surface area contributed by atoms with Gasteiger partial charge >= 0.3 is 0 Å². The monoisotopic (exact) mass is 528 g/mol. The van der Waals surface area contributed by atoms with Crippen LogP contribution in [0.4, 0.5) is 8.78 Å². The number of benzene rings is 3. The van der Waals surface area contributed by atoms with E-state index in [1.165, 1.54) is 12.1 Å². The minimum Gasteiger partial charge on any atom is -0.333 e. The summed E-state index contributed by atoms with van der Waals surface area (Å²) in [7, 11) is 0. The van der Waals surface area contributed by atoms with E-state index in [0.717, 1.165) is 30.0 Å². The van der Waals surface area contributed by atoms with Crippen LogP contribution in [0.3, 0.4) is 0 Å². The van der Waals surface area contributed by atoms with Crippen LogP contribution in [0.2, 0.25) is 10.0 Å². The molecule has 3 aromatic rings. The fourth-order valence-corrected chi connectivity index (χ4v) is 6.38. The lowest BCUT2D eigenvalue weighted by atomic mass is 9.67. The predicted octanol–water partition coefficient (Wildman–Crippen LogP) is 7.22. The van der Waals surface area contributed by atoms with E-state index >= 15 is 0 Å². The highest BCUT2D eigenvalue weighted by molar-refractivity contribution is 6.30. The summed E-state index contributed by atoms with van der Waals surface area (Å²) in [5.41, 5.74) is 2.00. The van der Waals surface area contributed by atoms with E-state index in [-0.39, 0.29) is 17.9 Å². The predicted molar refractivity (Wildman–Crippen MR) is 139 cm³/mol. The smallest absolute Gasteiger partial charge is 0.220 e. The lowest BCUT2D eigenvalue weighted by Gasteiger charge is -2.58. The average molecular weight is 529 g/mol. The minimum atomic E-state index is -0.742. The highest BCUT2D eigenvalue weighted by atomic mass is 35.5. The van der Waals surface area contributed by atoms with Crippen LogP contribution in [-0.2, 0) is 10.3 Å². The van der Waals surface area contributed by atoms with E-state index in [4.69, 9.17) is 23.2 Å². The average Bonchev–Trinajstić information content (AvgIpc) is 2.82. The molecule has 188 valence electrons. The first-order valence-electron chi connectivity index (χ1n) is 12.3. The first-order valence-corrected chi connectivity index (χ1v) is 13.0. The van der Waals surface area contributed by atoms with Gasteiger partial charge in [0.15, 0.2) is 0 Å². The standard InChI is InChI=1S/C29H28Cl2F2N2O/c1-19(36)35-13-3-2-12-29(35,22-14-26(32)16-27(33)15-22)23-17-34(18-23)28(20-4-8-24(30)9-5-20)21-6-10-25(31)11-7-21/h4-11,14-16,23,28H,2-3,12-13,17-18H2,1H3/t29-/m1/s1. The van der Waals surface area contributed by atoms with Crippen molar-refractivity contribution >= 4 is 29.1 Å². The zero-order valence-corrected chi connectivity index (χ0v) is 21.6. The summed E-state index contributed by atoms with van der Waals surface area (Å²) >= 11 is 12.3. The normalized spacial score (nSPS) is 21.0. The van der Waals surface area contributed by atoms with Crippen molar-refractivity contribution in [3.63, 3.8) is 0 Å². The van der Waals surface area contributed by atoms with Crippen LogP contribution in [0.15, 0.2) is 66.7 Å². The number of hydrogen-bond acceptors (Lipinski definition) is 2. The Morgan fingerprint density at radius 3 is 1.92 bits per heavy atom. The molecular weight excluding hydrogens is 501 g/mol. The largest absolute Gasteiger partial charge is 0.333 e. The van der Waals surface area contributed by atoms with Crippen LogP contribution in [-0.4, -0.2) is 35.3 Å². The zero-order valence-electron chi connectivity index (χ0n) is 20.1. The van der Waals surface area contributed by atoms with Gasteiger partial charge in [0.2, 0.25) is 5.91 Å². The molecule has 3 aromatic carbocycles. The third kappa shape index (κ3) is 4.65. The molecule has 3 nitrogen and oxygen atoms in total. The summed E-state index contributed by atoms with van der Waals surface area (Å²) in [5.74, 6) is -1.26. The number of nitrogens with zero attached hydrogens (tertiary/aromatic N) is 2. The molecule has 1 amide bonds. The molecule has 0 spiro atoms. The van der Waals surface area contributed by atoms with Crippen molar-refractivity contribution in [1.82, 2.24) is 9.80 Å². The second-order valence-electron chi connectivity index (χ2n) is 9.87. The van der Waals surface area contributed by atoms with Gasteiger partial charge in [0.25, 0.3) is 0 Å². The van der Waals surface area contributed by atoms with Crippen molar-refractivity contribution in [3.05, 3.63) is 105 Å². The van der Waals surface area contributed by atoms with Gasteiger partial charge in [-0.3, -0.25) is 9.69 Å². The van der Waals surface area contributed by atoms with Gasteiger partial charge in [-0.05, 0) is 72.4 Å². The molecule has 7 heteroatoms. The quantitative estimate of drug-likeness (QED) is 0.349.